The number of halogens is 1. The van der Waals surface area contributed by atoms with E-state index in [9.17, 15) is 14.4 Å². The Labute approximate surface area is 233 Å². The number of nitrogens with zero attached hydrogens (tertiary/aromatic N) is 2. The van der Waals surface area contributed by atoms with Crippen LogP contribution in [-0.4, -0.2) is 65.7 Å². The Morgan fingerprint density at radius 3 is 2.44 bits per heavy atom. The molecule has 3 N–H and O–H groups in total. The molecule has 0 radical (unpaired) electrons. The number of H-pyrrole nitrogens is 1. The minimum absolute atomic E-state index is 0.00374. The first-order valence-electron chi connectivity index (χ1n) is 13.0. The highest BCUT2D eigenvalue weighted by Crippen LogP contribution is 2.35. The molecule has 3 aromatic rings. The average Bonchev–Trinajstić information content (AvgIpc) is 3.38. The second-order valence-corrected chi connectivity index (χ2v) is 10.7. The van der Waals surface area contributed by atoms with Crippen molar-refractivity contribution in [2.45, 2.75) is 26.8 Å². The molecule has 5 rings (SSSR count). The number of hydrogen-bond donors (Lipinski definition) is 3. The Bertz CT molecular complexity index is 1480. The number of aryl methyl sites for hydroxylation is 1. The smallest absolute Gasteiger partial charge is 0.256 e. The number of hydrogen-bond acceptors (Lipinski definition) is 4. The zero-order valence-electron chi connectivity index (χ0n) is 22.5. The summed E-state index contributed by atoms with van der Waals surface area (Å²) in [4.78, 5) is 46.7. The van der Waals surface area contributed by atoms with Gasteiger partial charge in [-0.2, -0.15) is 0 Å². The monoisotopic (exact) mass is 545 g/mol. The lowest BCUT2D eigenvalue weighted by atomic mass is 10.0. The molecule has 2 aliphatic rings. The molecule has 1 atom stereocenters. The summed E-state index contributed by atoms with van der Waals surface area (Å²) in [7, 11) is 2.05. The highest BCUT2D eigenvalue weighted by molar-refractivity contribution is 6.35. The molecule has 202 valence electrons. The van der Waals surface area contributed by atoms with Crippen LogP contribution in [0.2, 0.25) is 5.02 Å². The van der Waals surface area contributed by atoms with Gasteiger partial charge in [-0.3, -0.25) is 14.4 Å². The van der Waals surface area contributed by atoms with Crippen LogP contribution in [0, 0.1) is 13.8 Å². The number of fused-ring (bicyclic) bond motifs is 1. The first-order valence-corrected chi connectivity index (χ1v) is 13.4. The standard InChI is InChI=1S/C30H32ClN5O3/c1-17-26(32-19(3)27(17)30(39)36-13-11-35(4)12-14-36)16-24-23-15-21(7-10-25(23)34-29(24)38)28(37)33-18(2)20-5-8-22(31)9-6-20/h5-10,15-16,18,32H,11-14H2,1-4H3,(H,33,37)(H,34,38)/b24-16-. The van der Waals surface area contributed by atoms with Crippen molar-refractivity contribution < 1.29 is 14.4 Å². The summed E-state index contributed by atoms with van der Waals surface area (Å²) < 4.78 is 0. The highest BCUT2D eigenvalue weighted by Gasteiger charge is 2.28. The maximum absolute atomic E-state index is 13.3. The molecule has 0 spiro atoms. The van der Waals surface area contributed by atoms with Crippen molar-refractivity contribution >= 4 is 46.7 Å². The molecule has 0 saturated carbocycles. The number of carbonyl (C=O) groups excluding carboxylic acids is 3. The van der Waals surface area contributed by atoms with Gasteiger partial charge in [-0.25, -0.2) is 0 Å². The van der Waals surface area contributed by atoms with Gasteiger partial charge in [-0.15, -0.1) is 0 Å². The molecular formula is C30H32ClN5O3. The number of amides is 3. The predicted octanol–water partition coefficient (Wildman–Crippen LogP) is 4.66. The van der Waals surface area contributed by atoms with Crippen LogP contribution < -0.4 is 10.6 Å². The third kappa shape index (κ3) is 5.35. The lowest BCUT2D eigenvalue weighted by Crippen LogP contribution is -2.47. The van der Waals surface area contributed by atoms with Crippen molar-refractivity contribution in [1.29, 1.82) is 0 Å². The lowest BCUT2D eigenvalue weighted by molar-refractivity contribution is -0.110. The fourth-order valence-corrected chi connectivity index (χ4v) is 5.26. The molecule has 1 aromatic heterocycles. The van der Waals surface area contributed by atoms with Gasteiger partial charge < -0.3 is 25.4 Å². The van der Waals surface area contributed by atoms with E-state index in [4.69, 9.17) is 11.6 Å². The van der Waals surface area contributed by atoms with Crippen LogP contribution in [0.25, 0.3) is 11.6 Å². The van der Waals surface area contributed by atoms with Gasteiger partial charge in [-0.05, 0) is 75.4 Å². The second-order valence-electron chi connectivity index (χ2n) is 10.3. The third-order valence-electron chi connectivity index (χ3n) is 7.55. The number of likely N-dealkylation sites (N-methyl/N-ethyl adjacent to an activating group) is 1. The minimum Gasteiger partial charge on any atom is -0.358 e. The molecular weight excluding hydrogens is 514 g/mol. The van der Waals surface area contributed by atoms with E-state index in [1.54, 1.807) is 36.4 Å². The predicted molar refractivity (Wildman–Crippen MR) is 154 cm³/mol. The number of anilines is 1. The number of aromatic amines is 1. The van der Waals surface area contributed by atoms with Crippen molar-refractivity contribution in [3.05, 3.63) is 86.7 Å². The first kappa shape index (κ1) is 26.7. The van der Waals surface area contributed by atoms with Crippen molar-refractivity contribution in [2.75, 3.05) is 38.5 Å². The Balaban J connectivity index is 1.40. The van der Waals surface area contributed by atoms with Crippen LogP contribution in [0.1, 0.15) is 61.8 Å². The Morgan fingerprint density at radius 2 is 1.74 bits per heavy atom. The van der Waals surface area contributed by atoms with E-state index < -0.39 is 0 Å². The Kier molecular flexibility index (Phi) is 7.34. The first-order chi connectivity index (χ1) is 18.6. The Hall–Kier alpha value is -3.88. The van der Waals surface area contributed by atoms with E-state index in [0.717, 1.165) is 29.9 Å². The molecule has 1 unspecified atom stereocenters. The molecule has 1 saturated heterocycles. The molecule has 3 heterocycles. The summed E-state index contributed by atoms with van der Waals surface area (Å²) >= 11 is 5.98. The summed E-state index contributed by atoms with van der Waals surface area (Å²) in [6.45, 7) is 8.75. The van der Waals surface area contributed by atoms with E-state index in [0.29, 0.717) is 51.8 Å². The molecule has 9 heteroatoms. The molecule has 8 nitrogen and oxygen atoms in total. The maximum atomic E-state index is 13.3. The summed E-state index contributed by atoms with van der Waals surface area (Å²) in [5.41, 5.74) is 6.03. The largest absolute Gasteiger partial charge is 0.358 e. The van der Waals surface area contributed by atoms with Crippen molar-refractivity contribution in [1.82, 2.24) is 20.1 Å². The zero-order valence-corrected chi connectivity index (χ0v) is 23.3. The van der Waals surface area contributed by atoms with Gasteiger partial charge in [0, 0.05) is 59.4 Å². The number of benzene rings is 2. The van der Waals surface area contributed by atoms with Crippen LogP contribution in [0.4, 0.5) is 5.69 Å². The molecule has 0 aliphatic carbocycles. The van der Waals surface area contributed by atoms with Crippen LogP contribution in [0.15, 0.2) is 42.5 Å². The molecule has 1 fully saturated rings. The van der Waals surface area contributed by atoms with E-state index in [1.165, 1.54) is 0 Å². The molecule has 39 heavy (non-hydrogen) atoms. The summed E-state index contributed by atoms with van der Waals surface area (Å²) in [6, 6.07) is 12.3. The molecule has 2 aliphatic heterocycles. The van der Waals surface area contributed by atoms with Gasteiger partial charge in [0.15, 0.2) is 0 Å². The molecule has 0 bridgehead atoms. The number of piperazine rings is 1. The van der Waals surface area contributed by atoms with E-state index >= 15 is 0 Å². The van der Waals surface area contributed by atoms with Gasteiger partial charge in [0.2, 0.25) is 0 Å². The fourth-order valence-electron chi connectivity index (χ4n) is 5.14. The number of nitrogens with one attached hydrogen (secondary N) is 3. The van der Waals surface area contributed by atoms with E-state index in [1.807, 2.05) is 37.8 Å². The SMILES string of the molecule is Cc1[nH]c(/C=C2\C(=O)Nc3ccc(C(=O)NC(C)c4ccc(Cl)cc4)cc32)c(C)c1C(=O)N1CCN(C)CC1. The lowest BCUT2D eigenvalue weighted by Gasteiger charge is -2.32. The van der Waals surface area contributed by atoms with Crippen LogP contribution in [0.3, 0.4) is 0 Å². The average molecular weight is 546 g/mol. The van der Waals surface area contributed by atoms with Gasteiger partial charge in [0.05, 0.1) is 17.2 Å². The van der Waals surface area contributed by atoms with Crippen LogP contribution in [0.5, 0.6) is 0 Å². The third-order valence-corrected chi connectivity index (χ3v) is 7.80. The second kappa shape index (κ2) is 10.7. The number of carbonyl (C=O) groups is 3. The maximum Gasteiger partial charge on any atom is 0.256 e. The van der Waals surface area contributed by atoms with Crippen molar-refractivity contribution in [2.24, 2.45) is 0 Å². The summed E-state index contributed by atoms with van der Waals surface area (Å²) in [6.07, 6.45) is 1.77. The quantitative estimate of drug-likeness (QED) is 0.406. The zero-order chi connectivity index (χ0) is 27.8. The highest BCUT2D eigenvalue weighted by atomic mass is 35.5. The minimum atomic E-state index is -0.254. The van der Waals surface area contributed by atoms with Gasteiger partial charge in [0.25, 0.3) is 17.7 Å². The van der Waals surface area contributed by atoms with Gasteiger partial charge in [0.1, 0.15) is 0 Å². The molecule has 3 amide bonds. The number of aromatic nitrogens is 1. The Morgan fingerprint density at radius 1 is 1.05 bits per heavy atom. The topological polar surface area (TPSA) is 97.5 Å². The van der Waals surface area contributed by atoms with Crippen LogP contribution >= 0.6 is 11.6 Å². The fraction of sp³-hybridized carbons (Fsp3) is 0.300. The summed E-state index contributed by atoms with van der Waals surface area (Å²) in [5, 5.41) is 6.52. The van der Waals surface area contributed by atoms with Crippen molar-refractivity contribution in [3.63, 3.8) is 0 Å². The van der Waals surface area contributed by atoms with E-state index in [2.05, 4.69) is 27.6 Å². The van der Waals surface area contributed by atoms with Crippen LogP contribution in [-0.2, 0) is 4.79 Å². The van der Waals surface area contributed by atoms with E-state index in [-0.39, 0.29) is 23.8 Å². The van der Waals surface area contributed by atoms with Gasteiger partial charge >= 0.3 is 0 Å². The molecule has 2 aromatic carbocycles. The van der Waals surface area contributed by atoms with Crippen molar-refractivity contribution in [3.8, 4) is 0 Å². The number of rotatable bonds is 5. The summed E-state index contributed by atoms with van der Waals surface area (Å²) in [5.74, 6) is -0.495. The normalized spacial score (nSPS) is 17.2. The van der Waals surface area contributed by atoms with Gasteiger partial charge in [-0.1, -0.05) is 23.7 Å².